The van der Waals surface area contributed by atoms with E-state index < -0.39 is 11.8 Å². The summed E-state index contributed by atoms with van der Waals surface area (Å²) in [5.41, 5.74) is 0.394. The quantitative estimate of drug-likeness (QED) is 0.690. The Morgan fingerprint density at radius 1 is 1.58 bits per heavy atom. The van der Waals surface area contributed by atoms with Crippen LogP contribution in [-0.2, 0) is 11.2 Å². The first kappa shape index (κ1) is 9.06. The Bertz CT molecular complexity index is 312. The molecule has 0 bridgehead atoms. The number of benzene rings is 1. The maximum Gasteiger partial charge on any atom is 0.307 e. The van der Waals surface area contributed by atoms with Gasteiger partial charge in [0.1, 0.15) is 5.82 Å². The van der Waals surface area contributed by atoms with Gasteiger partial charge in [0, 0.05) is 4.90 Å². The van der Waals surface area contributed by atoms with Crippen molar-refractivity contribution in [1.29, 1.82) is 0 Å². The third-order valence-corrected chi connectivity index (χ3v) is 1.82. The number of halogens is 1. The molecule has 0 saturated carbocycles. The molecule has 0 fully saturated rings. The van der Waals surface area contributed by atoms with Crippen molar-refractivity contribution in [3.05, 3.63) is 29.6 Å². The molecule has 1 aromatic carbocycles. The molecule has 0 radical (unpaired) electrons. The molecule has 12 heavy (non-hydrogen) atoms. The molecule has 1 aromatic rings. The minimum Gasteiger partial charge on any atom is -0.481 e. The van der Waals surface area contributed by atoms with Crippen molar-refractivity contribution in [2.45, 2.75) is 11.3 Å². The fourth-order valence-corrected chi connectivity index (χ4v) is 1.08. The Morgan fingerprint density at radius 3 is 2.83 bits per heavy atom. The number of carboxylic acid groups (broad SMARTS) is 1. The van der Waals surface area contributed by atoms with Gasteiger partial charge in [0.05, 0.1) is 6.42 Å². The molecule has 1 N–H and O–H groups in total. The van der Waals surface area contributed by atoms with Crippen LogP contribution in [0.15, 0.2) is 23.1 Å². The van der Waals surface area contributed by atoms with Crippen LogP contribution in [0.3, 0.4) is 0 Å². The predicted molar refractivity (Wildman–Crippen MR) is 45.0 cm³/mol. The van der Waals surface area contributed by atoms with Crippen molar-refractivity contribution >= 4 is 18.6 Å². The average molecular weight is 186 g/mol. The lowest BCUT2D eigenvalue weighted by Crippen LogP contribution is -2.01. The molecule has 1 rings (SSSR count). The normalized spacial score (nSPS) is 9.83. The third kappa shape index (κ3) is 2.23. The molecule has 0 heterocycles. The van der Waals surface area contributed by atoms with E-state index in [9.17, 15) is 9.18 Å². The van der Waals surface area contributed by atoms with Crippen LogP contribution in [0.5, 0.6) is 0 Å². The van der Waals surface area contributed by atoms with Crippen molar-refractivity contribution in [3.63, 3.8) is 0 Å². The van der Waals surface area contributed by atoms with Crippen LogP contribution in [0.25, 0.3) is 0 Å². The van der Waals surface area contributed by atoms with Crippen LogP contribution >= 0.6 is 12.6 Å². The number of thiol groups is 1. The monoisotopic (exact) mass is 186 g/mol. The average Bonchev–Trinajstić information content (AvgIpc) is 1.96. The van der Waals surface area contributed by atoms with Gasteiger partial charge >= 0.3 is 5.97 Å². The largest absolute Gasteiger partial charge is 0.481 e. The highest BCUT2D eigenvalue weighted by Crippen LogP contribution is 2.15. The highest BCUT2D eigenvalue weighted by molar-refractivity contribution is 7.80. The molecule has 0 spiro atoms. The predicted octanol–water partition coefficient (Wildman–Crippen LogP) is 1.74. The van der Waals surface area contributed by atoms with Gasteiger partial charge in [-0.05, 0) is 23.8 Å². The molecule has 0 amide bonds. The summed E-state index contributed by atoms with van der Waals surface area (Å²) in [6.07, 6.45) is -0.198. The zero-order valence-corrected chi connectivity index (χ0v) is 7.01. The molecular formula is C8H7FO2S. The lowest BCUT2D eigenvalue weighted by Gasteiger charge is -2.00. The Morgan fingerprint density at radius 2 is 2.25 bits per heavy atom. The molecule has 0 aliphatic heterocycles. The van der Waals surface area contributed by atoms with Crippen LogP contribution in [0.1, 0.15) is 5.56 Å². The Hall–Kier alpha value is -1.03. The fraction of sp³-hybridized carbons (Fsp3) is 0.125. The van der Waals surface area contributed by atoms with E-state index >= 15 is 0 Å². The zero-order valence-electron chi connectivity index (χ0n) is 6.12. The van der Waals surface area contributed by atoms with Gasteiger partial charge in [0.15, 0.2) is 0 Å². The number of rotatable bonds is 2. The summed E-state index contributed by atoms with van der Waals surface area (Å²) < 4.78 is 12.6. The number of hydrogen-bond acceptors (Lipinski definition) is 2. The summed E-state index contributed by atoms with van der Waals surface area (Å²) in [6, 6.07) is 3.86. The van der Waals surface area contributed by atoms with E-state index in [-0.39, 0.29) is 6.42 Å². The number of carboxylic acids is 1. The first-order valence-corrected chi connectivity index (χ1v) is 3.73. The summed E-state index contributed by atoms with van der Waals surface area (Å²) in [4.78, 5) is 10.8. The third-order valence-electron chi connectivity index (χ3n) is 1.38. The molecule has 64 valence electrons. The van der Waals surface area contributed by atoms with Gasteiger partial charge in [0.25, 0.3) is 0 Å². The standard InChI is InChI=1S/C8H7FO2S/c9-6-1-2-7(12)5(3-6)4-8(10)11/h1-3,12H,4H2,(H,10,11). The molecular weight excluding hydrogens is 179 g/mol. The second kappa shape index (κ2) is 3.58. The molecule has 0 aliphatic rings. The first-order valence-electron chi connectivity index (χ1n) is 3.29. The Balaban J connectivity index is 2.97. The van der Waals surface area contributed by atoms with Gasteiger partial charge in [-0.1, -0.05) is 0 Å². The molecule has 0 saturated heterocycles. The Labute approximate surface area is 74.4 Å². The van der Waals surface area contributed by atoms with E-state index in [4.69, 9.17) is 5.11 Å². The SMILES string of the molecule is O=C(O)Cc1cc(F)ccc1S. The lowest BCUT2D eigenvalue weighted by molar-refractivity contribution is -0.136. The second-order valence-corrected chi connectivity index (χ2v) is 2.83. The Kier molecular flexibility index (Phi) is 2.70. The highest BCUT2D eigenvalue weighted by atomic mass is 32.1. The van der Waals surface area contributed by atoms with E-state index in [0.29, 0.717) is 10.5 Å². The van der Waals surface area contributed by atoms with Crippen molar-refractivity contribution in [3.8, 4) is 0 Å². The van der Waals surface area contributed by atoms with Crippen molar-refractivity contribution in [1.82, 2.24) is 0 Å². The van der Waals surface area contributed by atoms with Gasteiger partial charge in [-0.15, -0.1) is 12.6 Å². The maximum atomic E-state index is 12.6. The van der Waals surface area contributed by atoms with E-state index in [0.717, 1.165) is 0 Å². The smallest absolute Gasteiger partial charge is 0.307 e. The summed E-state index contributed by atoms with van der Waals surface area (Å²) in [6.45, 7) is 0. The first-order chi connectivity index (χ1) is 5.59. The van der Waals surface area contributed by atoms with E-state index in [1.54, 1.807) is 0 Å². The summed E-state index contributed by atoms with van der Waals surface area (Å²) in [7, 11) is 0. The number of aliphatic carboxylic acids is 1. The molecule has 4 heteroatoms. The van der Waals surface area contributed by atoms with Crippen LogP contribution in [0, 0.1) is 5.82 Å². The van der Waals surface area contributed by atoms with Crippen molar-refractivity contribution in [2.24, 2.45) is 0 Å². The summed E-state index contributed by atoms with van der Waals surface area (Å²) in [5, 5.41) is 8.43. The highest BCUT2D eigenvalue weighted by Gasteiger charge is 2.05. The van der Waals surface area contributed by atoms with Gasteiger partial charge in [0.2, 0.25) is 0 Å². The second-order valence-electron chi connectivity index (χ2n) is 2.34. The lowest BCUT2D eigenvalue weighted by atomic mass is 10.1. The van der Waals surface area contributed by atoms with Gasteiger partial charge in [-0.3, -0.25) is 4.79 Å². The van der Waals surface area contributed by atoms with Crippen molar-refractivity contribution < 1.29 is 14.3 Å². The van der Waals surface area contributed by atoms with Crippen LogP contribution in [0.2, 0.25) is 0 Å². The van der Waals surface area contributed by atoms with Gasteiger partial charge < -0.3 is 5.11 Å². The molecule has 0 atom stereocenters. The summed E-state index contributed by atoms with van der Waals surface area (Å²) in [5.74, 6) is -1.43. The number of hydrogen-bond donors (Lipinski definition) is 2. The molecule has 0 unspecified atom stereocenters. The van der Waals surface area contributed by atoms with E-state index in [2.05, 4.69) is 12.6 Å². The van der Waals surface area contributed by atoms with Crippen LogP contribution in [-0.4, -0.2) is 11.1 Å². The van der Waals surface area contributed by atoms with Crippen LogP contribution < -0.4 is 0 Å². The maximum absolute atomic E-state index is 12.6. The van der Waals surface area contributed by atoms with E-state index in [1.807, 2.05) is 0 Å². The van der Waals surface area contributed by atoms with E-state index in [1.165, 1.54) is 18.2 Å². The molecule has 0 aliphatic carbocycles. The van der Waals surface area contributed by atoms with Gasteiger partial charge in [-0.25, -0.2) is 4.39 Å². The minimum absolute atomic E-state index is 0.198. The fourth-order valence-electron chi connectivity index (χ4n) is 0.859. The topological polar surface area (TPSA) is 37.3 Å². The minimum atomic E-state index is -0.990. The molecule has 0 aromatic heterocycles. The van der Waals surface area contributed by atoms with Gasteiger partial charge in [-0.2, -0.15) is 0 Å². The summed E-state index contributed by atoms with van der Waals surface area (Å²) >= 11 is 3.99. The zero-order chi connectivity index (χ0) is 9.14. The van der Waals surface area contributed by atoms with Crippen LogP contribution in [0.4, 0.5) is 4.39 Å². The van der Waals surface area contributed by atoms with Crippen molar-refractivity contribution in [2.75, 3.05) is 0 Å². The number of carbonyl (C=O) groups is 1. The molecule has 2 nitrogen and oxygen atoms in total.